The van der Waals surface area contributed by atoms with Crippen LogP contribution in [0.15, 0.2) is 18.2 Å². The van der Waals surface area contributed by atoms with E-state index in [1.807, 2.05) is 25.1 Å². The van der Waals surface area contributed by atoms with Gasteiger partial charge in [-0.15, -0.1) is 0 Å². The number of aliphatic hydroxyl groups is 1. The highest BCUT2D eigenvalue weighted by atomic mass is 16.3. The van der Waals surface area contributed by atoms with E-state index in [0.717, 1.165) is 43.3 Å². The maximum Gasteiger partial charge on any atom is 0.150 e. The largest absolute Gasteiger partial charge is 0.396 e. The minimum Gasteiger partial charge on any atom is -0.396 e. The highest BCUT2D eigenvalue weighted by molar-refractivity contribution is 5.77. The Hall–Kier alpha value is -1.35. The summed E-state index contributed by atoms with van der Waals surface area (Å²) in [5, 5.41) is 8.95. The van der Waals surface area contributed by atoms with E-state index in [1.165, 1.54) is 5.69 Å². The second-order valence-corrected chi connectivity index (χ2v) is 4.78. The molecule has 0 amide bonds. The Bertz CT molecular complexity index is 403. The first-order valence-corrected chi connectivity index (χ1v) is 6.16. The Morgan fingerprint density at radius 3 is 3.00 bits per heavy atom. The maximum absolute atomic E-state index is 10.7. The molecule has 17 heavy (non-hydrogen) atoms. The van der Waals surface area contributed by atoms with Gasteiger partial charge in [-0.2, -0.15) is 0 Å². The van der Waals surface area contributed by atoms with Gasteiger partial charge in [-0.3, -0.25) is 4.79 Å². The number of hydrogen-bond donors (Lipinski definition) is 1. The Morgan fingerprint density at radius 1 is 1.53 bits per heavy atom. The van der Waals surface area contributed by atoms with Gasteiger partial charge in [0.1, 0.15) is 6.29 Å². The van der Waals surface area contributed by atoms with Crippen LogP contribution in [-0.2, 0) is 0 Å². The van der Waals surface area contributed by atoms with Crippen LogP contribution in [0.2, 0.25) is 0 Å². The summed E-state index contributed by atoms with van der Waals surface area (Å²) in [6.07, 6.45) is 2.92. The number of rotatable bonds is 4. The highest BCUT2D eigenvalue weighted by Gasteiger charge is 2.22. The molecule has 0 radical (unpaired) electrons. The Labute approximate surface area is 102 Å². The molecule has 0 saturated carbocycles. The maximum atomic E-state index is 10.7. The van der Waals surface area contributed by atoms with Crippen LogP contribution in [0.5, 0.6) is 0 Å². The quantitative estimate of drug-likeness (QED) is 0.809. The van der Waals surface area contributed by atoms with Gasteiger partial charge in [0.25, 0.3) is 0 Å². The predicted octanol–water partition coefficient (Wildman–Crippen LogP) is 2.02. The Morgan fingerprint density at radius 2 is 2.35 bits per heavy atom. The first kappa shape index (κ1) is 12.1. The SMILES string of the molecule is Cc1cc(C=O)ccc1N1CCC(CCO)C1. The Kier molecular flexibility index (Phi) is 3.79. The summed E-state index contributed by atoms with van der Waals surface area (Å²) in [7, 11) is 0. The molecule has 3 nitrogen and oxygen atoms in total. The zero-order valence-corrected chi connectivity index (χ0v) is 10.2. The molecule has 1 fully saturated rings. The van der Waals surface area contributed by atoms with Crippen molar-refractivity contribution in [2.45, 2.75) is 19.8 Å². The van der Waals surface area contributed by atoms with E-state index in [0.29, 0.717) is 5.92 Å². The number of aldehydes is 1. The van der Waals surface area contributed by atoms with Crippen molar-refractivity contribution < 1.29 is 9.90 Å². The molecule has 0 aromatic heterocycles. The topological polar surface area (TPSA) is 40.5 Å². The van der Waals surface area contributed by atoms with Gasteiger partial charge in [0.05, 0.1) is 0 Å². The molecule has 1 atom stereocenters. The van der Waals surface area contributed by atoms with Crippen molar-refractivity contribution in [1.82, 2.24) is 0 Å². The molecule has 92 valence electrons. The van der Waals surface area contributed by atoms with E-state index in [2.05, 4.69) is 4.90 Å². The van der Waals surface area contributed by atoms with Crippen LogP contribution in [0.25, 0.3) is 0 Å². The van der Waals surface area contributed by atoms with Gasteiger partial charge in [-0.05, 0) is 49.4 Å². The van der Waals surface area contributed by atoms with Gasteiger partial charge in [-0.1, -0.05) is 0 Å². The fraction of sp³-hybridized carbons (Fsp3) is 0.500. The number of nitrogens with zero attached hydrogens (tertiary/aromatic N) is 1. The fourth-order valence-corrected chi connectivity index (χ4v) is 2.58. The second-order valence-electron chi connectivity index (χ2n) is 4.78. The van der Waals surface area contributed by atoms with E-state index >= 15 is 0 Å². The Balaban J connectivity index is 2.10. The highest BCUT2D eigenvalue weighted by Crippen LogP contribution is 2.28. The summed E-state index contributed by atoms with van der Waals surface area (Å²) < 4.78 is 0. The number of carbonyl (C=O) groups is 1. The summed E-state index contributed by atoms with van der Waals surface area (Å²) in [5.41, 5.74) is 3.10. The average Bonchev–Trinajstić information content (AvgIpc) is 2.78. The third-order valence-corrected chi connectivity index (χ3v) is 3.52. The minimum absolute atomic E-state index is 0.279. The summed E-state index contributed by atoms with van der Waals surface area (Å²) in [4.78, 5) is 13.0. The summed E-state index contributed by atoms with van der Waals surface area (Å²) in [5.74, 6) is 0.602. The molecule has 3 heteroatoms. The summed E-state index contributed by atoms with van der Waals surface area (Å²) >= 11 is 0. The third-order valence-electron chi connectivity index (χ3n) is 3.52. The minimum atomic E-state index is 0.279. The molecule has 0 aliphatic carbocycles. The molecule has 2 rings (SSSR count). The van der Waals surface area contributed by atoms with Crippen molar-refractivity contribution >= 4 is 12.0 Å². The van der Waals surface area contributed by atoms with Gasteiger partial charge in [0.2, 0.25) is 0 Å². The van der Waals surface area contributed by atoms with Crippen LogP contribution in [0.3, 0.4) is 0 Å². The molecular weight excluding hydrogens is 214 g/mol. The van der Waals surface area contributed by atoms with Gasteiger partial charge >= 0.3 is 0 Å². The zero-order valence-electron chi connectivity index (χ0n) is 10.2. The van der Waals surface area contributed by atoms with Gasteiger partial charge < -0.3 is 10.0 Å². The molecule has 1 aliphatic heterocycles. The van der Waals surface area contributed by atoms with Gasteiger partial charge in [-0.25, -0.2) is 0 Å². The van der Waals surface area contributed by atoms with Crippen LogP contribution in [0.1, 0.15) is 28.8 Å². The molecule has 1 heterocycles. The predicted molar refractivity (Wildman–Crippen MR) is 68.6 cm³/mol. The van der Waals surface area contributed by atoms with Crippen LogP contribution in [0, 0.1) is 12.8 Å². The zero-order chi connectivity index (χ0) is 12.3. The van der Waals surface area contributed by atoms with E-state index in [9.17, 15) is 4.79 Å². The third kappa shape index (κ3) is 2.67. The van der Waals surface area contributed by atoms with Gasteiger partial charge in [0.15, 0.2) is 0 Å². The van der Waals surface area contributed by atoms with Crippen LogP contribution in [0.4, 0.5) is 5.69 Å². The lowest BCUT2D eigenvalue weighted by Crippen LogP contribution is -2.20. The normalized spacial score (nSPS) is 19.6. The van der Waals surface area contributed by atoms with Gasteiger partial charge in [0, 0.05) is 30.9 Å². The lowest BCUT2D eigenvalue weighted by Gasteiger charge is -2.21. The van der Waals surface area contributed by atoms with Crippen molar-refractivity contribution in [3.63, 3.8) is 0 Å². The van der Waals surface area contributed by atoms with E-state index in [4.69, 9.17) is 5.11 Å². The lowest BCUT2D eigenvalue weighted by atomic mass is 10.1. The number of hydrogen-bond acceptors (Lipinski definition) is 3. The standard InChI is InChI=1S/C14H19NO2/c1-11-8-13(10-17)2-3-14(11)15-6-4-12(9-15)5-7-16/h2-3,8,10,12,16H,4-7,9H2,1H3. The first-order valence-electron chi connectivity index (χ1n) is 6.16. The molecule has 1 aliphatic rings. The van der Waals surface area contributed by atoms with Crippen LogP contribution < -0.4 is 4.90 Å². The number of aliphatic hydroxyl groups excluding tert-OH is 1. The molecule has 1 aromatic carbocycles. The molecule has 1 N–H and O–H groups in total. The molecule has 1 saturated heterocycles. The van der Waals surface area contributed by atoms with Crippen LogP contribution >= 0.6 is 0 Å². The van der Waals surface area contributed by atoms with Crippen molar-refractivity contribution in [2.24, 2.45) is 5.92 Å². The first-order chi connectivity index (χ1) is 8.24. The summed E-state index contributed by atoms with van der Waals surface area (Å²) in [6, 6.07) is 5.83. The number of carbonyl (C=O) groups excluding carboxylic acids is 1. The fourth-order valence-electron chi connectivity index (χ4n) is 2.58. The number of benzene rings is 1. The molecule has 0 spiro atoms. The monoisotopic (exact) mass is 233 g/mol. The average molecular weight is 233 g/mol. The van der Waals surface area contributed by atoms with Crippen molar-refractivity contribution in [3.8, 4) is 0 Å². The number of aryl methyl sites for hydroxylation is 1. The number of anilines is 1. The lowest BCUT2D eigenvalue weighted by molar-refractivity contribution is 0.112. The molecule has 1 aromatic rings. The molecule has 1 unspecified atom stereocenters. The summed E-state index contributed by atoms with van der Waals surface area (Å²) in [6.45, 7) is 4.39. The molecule has 0 bridgehead atoms. The van der Waals surface area contributed by atoms with Crippen molar-refractivity contribution in [3.05, 3.63) is 29.3 Å². The van der Waals surface area contributed by atoms with E-state index in [-0.39, 0.29) is 6.61 Å². The van der Waals surface area contributed by atoms with Crippen molar-refractivity contribution in [1.29, 1.82) is 0 Å². The second kappa shape index (κ2) is 5.32. The van der Waals surface area contributed by atoms with E-state index in [1.54, 1.807) is 0 Å². The smallest absolute Gasteiger partial charge is 0.150 e. The van der Waals surface area contributed by atoms with E-state index < -0.39 is 0 Å². The van der Waals surface area contributed by atoms with Crippen LogP contribution in [-0.4, -0.2) is 31.1 Å². The van der Waals surface area contributed by atoms with Crippen molar-refractivity contribution in [2.75, 3.05) is 24.6 Å². The molecular formula is C14H19NO2.